The maximum Gasteiger partial charge on any atom is 0.320 e. The molecule has 2 aromatic rings. The normalized spacial score (nSPS) is 20.2. The highest BCUT2D eigenvalue weighted by Gasteiger charge is 2.44. The number of nitrogens with zero attached hydrogens (tertiary/aromatic N) is 2. The van der Waals surface area contributed by atoms with E-state index in [-0.39, 0.29) is 11.8 Å². The summed E-state index contributed by atoms with van der Waals surface area (Å²) >= 11 is 0. The van der Waals surface area contributed by atoms with Crippen LogP contribution in [0.25, 0.3) is 5.57 Å². The molecule has 118 valence electrons. The Hall–Kier alpha value is -2.56. The molecule has 0 spiro atoms. The molecule has 0 amide bonds. The van der Waals surface area contributed by atoms with Crippen LogP contribution in [0.15, 0.2) is 43.0 Å². The Balaban J connectivity index is 2.15. The van der Waals surface area contributed by atoms with Gasteiger partial charge in [-0.1, -0.05) is 18.2 Å². The fraction of sp³-hybridized carbons (Fsp3) is 0.278. The second-order valence-electron chi connectivity index (χ2n) is 5.67. The number of aromatic nitrogens is 2. The van der Waals surface area contributed by atoms with Crippen molar-refractivity contribution in [1.82, 2.24) is 9.97 Å². The van der Waals surface area contributed by atoms with Crippen LogP contribution in [0, 0.1) is 12.7 Å². The maximum atomic E-state index is 14.0. The zero-order chi connectivity index (χ0) is 16.4. The minimum absolute atomic E-state index is 0.323. The summed E-state index contributed by atoms with van der Waals surface area (Å²) in [6, 6.07) is 4.81. The van der Waals surface area contributed by atoms with Crippen LogP contribution >= 0.6 is 0 Å². The van der Waals surface area contributed by atoms with Gasteiger partial charge in [0.25, 0.3) is 0 Å². The van der Waals surface area contributed by atoms with Crippen molar-refractivity contribution < 1.29 is 13.9 Å². The quantitative estimate of drug-likeness (QED) is 0.817. The third-order valence-electron chi connectivity index (χ3n) is 4.44. The molecule has 1 aromatic heterocycles. The number of hydrogen-bond donors (Lipinski definition) is 0. The van der Waals surface area contributed by atoms with E-state index in [0.29, 0.717) is 24.0 Å². The van der Waals surface area contributed by atoms with Gasteiger partial charge in [0.2, 0.25) is 0 Å². The fourth-order valence-electron chi connectivity index (χ4n) is 3.22. The van der Waals surface area contributed by atoms with Gasteiger partial charge in [0, 0.05) is 18.0 Å². The largest absolute Gasteiger partial charge is 0.468 e. The van der Waals surface area contributed by atoms with E-state index in [4.69, 9.17) is 4.74 Å². The summed E-state index contributed by atoms with van der Waals surface area (Å²) in [5.74, 6) is -0.700. The van der Waals surface area contributed by atoms with Gasteiger partial charge in [-0.15, -0.1) is 0 Å². The first kappa shape index (κ1) is 15.3. The molecule has 0 radical (unpaired) electrons. The van der Waals surface area contributed by atoms with Gasteiger partial charge in [-0.25, -0.2) is 14.4 Å². The first-order valence-electron chi connectivity index (χ1n) is 7.39. The molecule has 1 atom stereocenters. The molecule has 0 N–H and O–H groups in total. The predicted molar refractivity (Wildman–Crippen MR) is 84.1 cm³/mol. The molecule has 0 bridgehead atoms. The smallest absolute Gasteiger partial charge is 0.320 e. The molecule has 1 aliphatic carbocycles. The van der Waals surface area contributed by atoms with Crippen LogP contribution in [-0.2, 0) is 14.9 Å². The lowest BCUT2D eigenvalue weighted by molar-refractivity contribution is -0.145. The van der Waals surface area contributed by atoms with Crippen molar-refractivity contribution in [1.29, 1.82) is 0 Å². The predicted octanol–water partition coefficient (Wildman–Crippen LogP) is 3.21. The Morgan fingerprint density at radius 3 is 2.74 bits per heavy atom. The molecular weight excluding hydrogens is 295 g/mol. The number of carbonyl (C=O) groups excluding carboxylic acids is 1. The summed E-state index contributed by atoms with van der Waals surface area (Å²) in [5, 5.41) is 0. The van der Waals surface area contributed by atoms with Gasteiger partial charge in [0.05, 0.1) is 7.11 Å². The number of hydrogen-bond acceptors (Lipinski definition) is 4. The second-order valence-corrected chi connectivity index (χ2v) is 5.67. The third kappa shape index (κ3) is 2.52. The Labute approximate surface area is 134 Å². The van der Waals surface area contributed by atoms with Crippen LogP contribution < -0.4 is 0 Å². The van der Waals surface area contributed by atoms with Crippen LogP contribution in [0.5, 0.6) is 0 Å². The first-order chi connectivity index (χ1) is 11.1. The molecule has 1 aromatic carbocycles. The number of ether oxygens (including phenoxy) is 1. The number of methoxy groups -OCH3 is 1. The highest BCUT2D eigenvalue weighted by atomic mass is 19.1. The van der Waals surface area contributed by atoms with Crippen molar-refractivity contribution >= 4 is 11.5 Å². The summed E-state index contributed by atoms with van der Waals surface area (Å²) in [7, 11) is 1.36. The molecule has 1 aliphatic rings. The monoisotopic (exact) mass is 312 g/mol. The minimum atomic E-state index is -0.966. The topological polar surface area (TPSA) is 52.1 Å². The van der Waals surface area contributed by atoms with E-state index < -0.39 is 5.41 Å². The van der Waals surface area contributed by atoms with Gasteiger partial charge >= 0.3 is 5.97 Å². The lowest BCUT2D eigenvalue weighted by Gasteiger charge is -2.26. The lowest BCUT2D eigenvalue weighted by Crippen LogP contribution is -2.34. The van der Waals surface area contributed by atoms with Gasteiger partial charge in [0.1, 0.15) is 17.6 Å². The minimum Gasteiger partial charge on any atom is -0.468 e. The maximum absolute atomic E-state index is 14.0. The first-order valence-corrected chi connectivity index (χ1v) is 7.39. The van der Waals surface area contributed by atoms with E-state index in [9.17, 15) is 9.18 Å². The van der Waals surface area contributed by atoms with Crippen LogP contribution in [0.4, 0.5) is 4.39 Å². The molecule has 0 saturated carbocycles. The number of carbonyl (C=O) groups is 1. The van der Waals surface area contributed by atoms with Crippen LogP contribution in [-0.4, -0.2) is 23.0 Å². The average molecular weight is 312 g/mol. The number of esters is 1. The number of benzene rings is 1. The molecule has 3 rings (SSSR count). The number of rotatable bonds is 3. The molecule has 0 fully saturated rings. The molecular formula is C18H17FN2O2. The molecule has 23 heavy (non-hydrogen) atoms. The second kappa shape index (κ2) is 5.91. The summed E-state index contributed by atoms with van der Waals surface area (Å²) in [6.07, 6.45) is 7.98. The van der Waals surface area contributed by atoms with E-state index in [1.807, 2.05) is 6.08 Å². The standard InChI is InChI=1S/C18H17FN2O2/c1-12-15(4-3-5-16(12)19)18(17(22)23-2)7-6-13(8-18)14-9-20-11-21-10-14/h3-5,8-11H,6-7H2,1-2H3. The zero-order valence-electron chi connectivity index (χ0n) is 13.0. The zero-order valence-corrected chi connectivity index (χ0v) is 13.0. The van der Waals surface area contributed by atoms with E-state index in [1.54, 1.807) is 31.5 Å². The van der Waals surface area contributed by atoms with Crippen LogP contribution in [0.1, 0.15) is 29.5 Å². The molecule has 4 nitrogen and oxygen atoms in total. The van der Waals surface area contributed by atoms with Crippen LogP contribution in [0.3, 0.4) is 0 Å². The van der Waals surface area contributed by atoms with Crippen LogP contribution in [0.2, 0.25) is 0 Å². The molecule has 1 unspecified atom stereocenters. The number of allylic oxidation sites excluding steroid dienone is 1. The SMILES string of the molecule is COC(=O)C1(c2cccc(F)c2C)C=C(c2cncnc2)CC1. The van der Waals surface area contributed by atoms with Crippen molar-refractivity contribution in [3.05, 3.63) is 65.5 Å². The van der Waals surface area contributed by atoms with Crippen molar-refractivity contribution in [2.24, 2.45) is 0 Å². The summed E-state index contributed by atoms with van der Waals surface area (Å²) in [6.45, 7) is 1.69. The van der Waals surface area contributed by atoms with E-state index >= 15 is 0 Å². The summed E-state index contributed by atoms with van der Waals surface area (Å²) < 4.78 is 19.0. The summed E-state index contributed by atoms with van der Waals surface area (Å²) in [4.78, 5) is 20.6. The molecule has 0 saturated heterocycles. The van der Waals surface area contributed by atoms with Gasteiger partial charge in [-0.2, -0.15) is 0 Å². The van der Waals surface area contributed by atoms with Gasteiger partial charge < -0.3 is 4.74 Å². The molecule has 1 heterocycles. The Morgan fingerprint density at radius 2 is 2.04 bits per heavy atom. The van der Waals surface area contributed by atoms with Crippen molar-refractivity contribution in [3.8, 4) is 0 Å². The Bertz CT molecular complexity index is 774. The average Bonchev–Trinajstić information content (AvgIpc) is 3.04. The third-order valence-corrected chi connectivity index (χ3v) is 4.44. The van der Waals surface area contributed by atoms with Gasteiger partial charge in [0.15, 0.2) is 0 Å². The Kier molecular flexibility index (Phi) is 3.94. The van der Waals surface area contributed by atoms with Gasteiger partial charge in [-0.3, -0.25) is 4.79 Å². The lowest BCUT2D eigenvalue weighted by atomic mass is 9.77. The van der Waals surface area contributed by atoms with Crippen molar-refractivity contribution in [2.45, 2.75) is 25.2 Å². The highest BCUT2D eigenvalue weighted by Crippen LogP contribution is 2.44. The molecule has 0 aliphatic heterocycles. The van der Waals surface area contributed by atoms with E-state index in [1.165, 1.54) is 19.5 Å². The van der Waals surface area contributed by atoms with Crippen molar-refractivity contribution in [3.63, 3.8) is 0 Å². The Morgan fingerprint density at radius 1 is 1.30 bits per heavy atom. The highest BCUT2D eigenvalue weighted by molar-refractivity contribution is 5.91. The fourth-order valence-corrected chi connectivity index (χ4v) is 3.22. The van der Waals surface area contributed by atoms with E-state index in [2.05, 4.69) is 9.97 Å². The van der Waals surface area contributed by atoms with Crippen molar-refractivity contribution in [2.75, 3.05) is 7.11 Å². The molecule has 5 heteroatoms. The van der Waals surface area contributed by atoms with Gasteiger partial charge in [-0.05, 0) is 42.5 Å². The summed E-state index contributed by atoms with van der Waals surface area (Å²) in [5.41, 5.74) is 1.99. The number of halogens is 1. The van der Waals surface area contributed by atoms with E-state index in [0.717, 1.165) is 11.1 Å².